The van der Waals surface area contributed by atoms with Crippen molar-refractivity contribution < 1.29 is 19.1 Å². The van der Waals surface area contributed by atoms with Gasteiger partial charge in [-0.1, -0.05) is 30.3 Å². The molecular weight excluding hydrogens is 234 g/mol. The van der Waals surface area contributed by atoms with Gasteiger partial charge in [-0.2, -0.15) is 0 Å². The minimum absolute atomic E-state index is 0.0931. The molecule has 1 saturated heterocycles. The lowest BCUT2D eigenvalue weighted by Gasteiger charge is -2.01. The zero-order chi connectivity index (χ0) is 13.1. The third kappa shape index (κ3) is 2.36. The Morgan fingerprint density at radius 2 is 1.83 bits per heavy atom. The molecule has 3 atom stereocenters. The molecule has 1 aromatic rings. The van der Waals surface area contributed by atoms with Gasteiger partial charge >= 0.3 is 11.9 Å². The molecule has 0 N–H and O–H groups in total. The van der Waals surface area contributed by atoms with E-state index in [1.165, 1.54) is 14.2 Å². The molecule has 5 heteroatoms. The van der Waals surface area contributed by atoms with Gasteiger partial charge in [-0.3, -0.25) is 14.5 Å². The van der Waals surface area contributed by atoms with E-state index in [1.807, 2.05) is 30.3 Å². The van der Waals surface area contributed by atoms with Crippen LogP contribution in [-0.2, 0) is 19.1 Å². The summed E-state index contributed by atoms with van der Waals surface area (Å²) >= 11 is 0. The van der Waals surface area contributed by atoms with Crippen molar-refractivity contribution in [1.82, 2.24) is 4.90 Å². The van der Waals surface area contributed by atoms with Crippen molar-refractivity contribution in [3.05, 3.63) is 35.9 Å². The number of carbonyl (C=O) groups is 2. The molecule has 5 nitrogen and oxygen atoms in total. The fraction of sp³-hybridized carbons (Fsp3) is 0.385. The SMILES string of the molecule is COC(=O)CN1C(C(=O)OC)C1c1ccccc1. The standard InChI is InChI=1S/C13H15NO4/c1-17-10(15)8-14-11(12(14)13(16)18-2)9-6-4-3-5-7-9/h3-7,11-12H,8H2,1-2H3. The van der Waals surface area contributed by atoms with Crippen molar-refractivity contribution in [1.29, 1.82) is 0 Å². The Morgan fingerprint density at radius 3 is 2.39 bits per heavy atom. The van der Waals surface area contributed by atoms with Crippen LogP contribution in [0.2, 0.25) is 0 Å². The Labute approximate surface area is 105 Å². The fourth-order valence-electron chi connectivity index (χ4n) is 2.10. The highest BCUT2D eigenvalue weighted by molar-refractivity contribution is 5.83. The molecule has 2 rings (SSSR count). The zero-order valence-electron chi connectivity index (χ0n) is 10.3. The molecule has 0 spiro atoms. The maximum atomic E-state index is 11.6. The molecule has 0 radical (unpaired) electrons. The summed E-state index contributed by atoms with van der Waals surface area (Å²) < 4.78 is 9.35. The summed E-state index contributed by atoms with van der Waals surface area (Å²) in [6.07, 6.45) is 0. The Bertz CT molecular complexity index is 446. The lowest BCUT2D eigenvalue weighted by atomic mass is 10.1. The number of ether oxygens (including phenoxy) is 2. The lowest BCUT2D eigenvalue weighted by Crippen LogP contribution is -2.20. The van der Waals surface area contributed by atoms with Gasteiger partial charge in [0.25, 0.3) is 0 Å². The Hall–Kier alpha value is -1.88. The number of hydrogen-bond donors (Lipinski definition) is 0. The molecule has 0 amide bonds. The van der Waals surface area contributed by atoms with Crippen molar-refractivity contribution >= 4 is 11.9 Å². The van der Waals surface area contributed by atoms with Crippen molar-refractivity contribution in [2.75, 3.05) is 20.8 Å². The van der Waals surface area contributed by atoms with Crippen LogP contribution in [0.15, 0.2) is 30.3 Å². The largest absolute Gasteiger partial charge is 0.468 e. The Balaban J connectivity index is 2.13. The van der Waals surface area contributed by atoms with E-state index in [1.54, 1.807) is 4.90 Å². The summed E-state index contributed by atoms with van der Waals surface area (Å²) in [5.74, 6) is -0.685. The first-order valence-corrected chi connectivity index (χ1v) is 5.64. The van der Waals surface area contributed by atoms with Crippen molar-refractivity contribution in [2.24, 2.45) is 0 Å². The first-order chi connectivity index (χ1) is 8.69. The van der Waals surface area contributed by atoms with Crippen LogP contribution in [0.25, 0.3) is 0 Å². The second-order valence-corrected chi connectivity index (χ2v) is 4.07. The number of carbonyl (C=O) groups excluding carboxylic acids is 2. The van der Waals surface area contributed by atoms with E-state index >= 15 is 0 Å². The van der Waals surface area contributed by atoms with E-state index in [2.05, 4.69) is 4.74 Å². The maximum absolute atomic E-state index is 11.6. The summed E-state index contributed by atoms with van der Waals surface area (Å²) in [5, 5.41) is 0. The van der Waals surface area contributed by atoms with Crippen LogP contribution in [0.3, 0.4) is 0 Å². The van der Waals surface area contributed by atoms with Gasteiger partial charge in [-0.05, 0) is 5.56 Å². The Morgan fingerprint density at radius 1 is 1.17 bits per heavy atom. The highest BCUT2D eigenvalue weighted by atomic mass is 16.5. The molecule has 1 fully saturated rings. The minimum Gasteiger partial charge on any atom is -0.468 e. The number of nitrogens with zero attached hydrogens (tertiary/aromatic N) is 1. The van der Waals surface area contributed by atoms with E-state index in [0.29, 0.717) is 0 Å². The molecule has 1 aromatic carbocycles. The normalized spacial score (nSPS) is 25.3. The second-order valence-electron chi connectivity index (χ2n) is 4.07. The van der Waals surface area contributed by atoms with Gasteiger partial charge in [0, 0.05) is 0 Å². The predicted octanol–water partition coefficient (Wildman–Crippen LogP) is 0.758. The monoisotopic (exact) mass is 249 g/mol. The fourth-order valence-corrected chi connectivity index (χ4v) is 2.10. The van der Waals surface area contributed by atoms with Crippen LogP contribution in [0.1, 0.15) is 11.6 Å². The average molecular weight is 249 g/mol. The molecule has 1 aliphatic rings. The van der Waals surface area contributed by atoms with Crippen LogP contribution < -0.4 is 0 Å². The molecule has 1 heterocycles. The van der Waals surface area contributed by atoms with Crippen molar-refractivity contribution in [3.8, 4) is 0 Å². The summed E-state index contributed by atoms with van der Waals surface area (Å²) in [4.78, 5) is 24.7. The van der Waals surface area contributed by atoms with E-state index in [-0.39, 0.29) is 24.5 Å². The van der Waals surface area contributed by atoms with E-state index in [4.69, 9.17) is 4.74 Å². The van der Waals surface area contributed by atoms with Crippen LogP contribution in [0.5, 0.6) is 0 Å². The molecule has 96 valence electrons. The van der Waals surface area contributed by atoms with Gasteiger partial charge in [-0.25, -0.2) is 0 Å². The van der Waals surface area contributed by atoms with E-state index in [0.717, 1.165) is 5.56 Å². The highest BCUT2D eigenvalue weighted by Gasteiger charge is 2.54. The molecule has 0 aromatic heterocycles. The van der Waals surface area contributed by atoms with Gasteiger partial charge in [-0.15, -0.1) is 0 Å². The maximum Gasteiger partial charge on any atom is 0.325 e. The molecular formula is C13H15NO4. The molecule has 0 saturated carbocycles. The predicted molar refractivity (Wildman–Crippen MR) is 63.7 cm³/mol. The Kier molecular flexibility index (Phi) is 3.62. The summed E-state index contributed by atoms with van der Waals surface area (Å²) in [7, 11) is 2.68. The first kappa shape index (κ1) is 12.6. The number of rotatable bonds is 4. The van der Waals surface area contributed by atoms with Crippen LogP contribution in [-0.4, -0.2) is 43.6 Å². The number of methoxy groups -OCH3 is 2. The quantitative estimate of drug-likeness (QED) is 0.582. The molecule has 0 bridgehead atoms. The van der Waals surface area contributed by atoms with Gasteiger partial charge in [0.05, 0.1) is 26.8 Å². The third-order valence-electron chi connectivity index (χ3n) is 3.05. The molecule has 18 heavy (non-hydrogen) atoms. The zero-order valence-corrected chi connectivity index (χ0v) is 10.3. The van der Waals surface area contributed by atoms with Gasteiger partial charge < -0.3 is 9.47 Å². The van der Waals surface area contributed by atoms with Gasteiger partial charge in [0.1, 0.15) is 6.04 Å². The smallest absolute Gasteiger partial charge is 0.325 e. The summed E-state index contributed by atoms with van der Waals surface area (Å²) in [5.41, 5.74) is 0.997. The molecule has 3 unspecified atom stereocenters. The second kappa shape index (κ2) is 5.18. The number of esters is 2. The minimum atomic E-state index is -0.392. The summed E-state index contributed by atoms with van der Waals surface area (Å²) in [6, 6.07) is 9.07. The van der Waals surface area contributed by atoms with Crippen molar-refractivity contribution in [3.63, 3.8) is 0 Å². The number of benzene rings is 1. The highest BCUT2D eigenvalue weighted by Crippen LogP contribution is 2.43. The van der Waals surface area contributed by atoms with E-state index < -0.39 is 6.04 Å². The van der Waals surface area contributed by atoms with Crippen molar-refractivity contribution in [2.45, 2.75) is 12.1 Å². The lowest BCUT2D eigenvalue weighted by molar-refractivity contribution is -0.142. The third-order valence-corrected chi connectivity index (χ3v) is 3.05. The molecule has 1 aliphatic heterocycles. The van der Waals surface area contributed by atoms with Crippen LogP contribution >= 0.6 is 0 Å². The summed E-state index contributed by atoms with van der Waals surface area (Å²) in [6.45, 7) is 0.0931. The van der Waals surface area contributed by atoms with Crippen LogP contribution in [0, 0.1) is 0 Å². The average Bonchev–Trinajstić information content (AvgIpc) is 3.12. The first-order valence-electron chi connectivity index (χ1n) is 5.64. The molecule has 0 aliphatic carbocycles. The van der Waals surface area contributed by atoms with Gasteiger partial charge in [0.2, 0.25) is 0 Å². The van der Waals surface area contributed by atoms with Crippen LogP contribution in [0.4, 0.5) is 0 Å². The topological polar surface area (TPSA) is 55.6 Å². The number of hydrogen-bond acceptors (Lipinski definition) is 5. The van der Waals surface area contributed by atoms with Gasteiger partial charge in [0.15, 0.2) is 0 Å². The van der Waals surface area contributed by atoms with E-state index in [9.17, 15) is 9.59 Å².